The second-order valence-electron chi connectivity index (χ2n) is 7.27. The molecule has 0 aliphatic heterocycles. The van der Waals surface area contributed by atoms with Crippen molar-refractivity contribution in [3.63, 3.8) is 0 Å². The van der Waals surface area contributed by atoms with E-state index in [1.165, 1.54) is 0 Å². The van der Waals surface area contributed by atoms with Crippen LogP contribution in [0, 0.1) is 0 Å². The first-order chi connectivity index (χ1) is 16.6. The highest BCUT2D eigenvalue weighted by Gasteiger charge is 2.24. The smallest absolute Gasteiger partial charge is 0.247 e. The maximum atomic E-state index is 10.3. The number of hydrogen-bond donors (Lipinski definition) is 1. The highest BCUT2D eigenvalue weighted by Crippen LogP contribution is 2.39. The molecule has 0 saturated carbocycles. The van der Waals surface area contributed by atoms with Crippen molar-refractivity contribution in [3.8, 4) is 28.5 Å². The summed E-state index contributed by atoms with van der Waals surface area (Å²) in [5.41, 5.74) is 3.08. The van der Waals surface area contributed by atoms with E-state index in [-0.39, 0.29) is 11.0 Å². The molecule has 0 aliphatic rings. The largest absolute Gasteiger partial charge is 0.508 e. The van der Waals surface area contributed by atoms with Crippen LogP contribution in [0.2, 0.25) is 0 Å². The molecule has 0 spiro atoms. The minimum atomic E-state index is -0.578. The van der Waals surface area contributed by atoms with E-state index in [4.69, 9.17) is 18.4 Å². The minimum absolute atomic E-state index is 0.209. The zero-order valence-corrected chi connectivity index (χ0v) is 20.1. The number of aromatic hydroxyl groups is 1. The summed E-state index contributed by atoms with van der Waals surface area (Å²) in [6, 6.07) is 16.6. The first kappa shape index (κ1) is 24.0. The highest BCUT2D eigenvalue weighted by molar-refractivity contribution is 7.99. The van der Waals surface area contributed by atoms with Crippen molar-refractivity contribution < 1.29 is 23.5 Å². The molecule has 2 aromatic heterocycles. The van der Waals surface area contributed by atoms with Gasteiger partial charge in [0.05, 0.1) is 0 Å². The molecule has 4 aromatic rings. The average molecular weight is 482 g/mol. The number of rotatable bonds is 11. The van der Waals surface area contributed by atoms with Crippen LogP contribution < -0.4 is 0 Å². The molecule has 1 atom stereocenters. The molecule has 1 unspecified atom stereocenters. The third-order valence-corrected chi connectivity index (χ3v) is 6.16. The van der Waals surface area contributed by atoms with Crippen LogP contribution in [0.1, 0.15) is 49.5 Å². The predicted octanol–water partition coefficient (Wildman–Crippen LogP) is 6.01. The summed E-state index contributed by atoms with van der Waals surface area (Å²) in [7, 11) is 0. The van der Waals surface area contributed by atoms with Gasteiger partial charge in [0.25, 0.3) is 0 Å². The summed E-state index contributed by atoms with van der Waals surface area (Å²) < 4.78 is 22.6. The van der Waals surface area contributed by atoms with Crippen LogP contribution in [0.25, 0.3) is 22.7 Å². The van der Waals surface area contributed by atoms with Gasteiger partial charge in [-0.2, -0.15) is 0 Å². The molecule has 2 heterocycles. The molecule has 0 amide bonds. The fourth-order valence-electron chi connectivity index (χ4n) is 3.46. The number of nitrogens with zero attached hydrogens (tertiary/aromatic N) is 3. The van der Waals surface area contributed by atoms with Crippen LogP contribution in [0.5, 0.6) is 5.75 Å². The molecule has 0 aliphatic carbocycles. The number of ether oxygens (including phenoxy) is 2. The summed E-state index contributed by atoms with van der Waals surface area (Å²) in [6.07, 6.45) is -0.578. The maximum absolute atomic E-state index is 10.3. The van der Waals surface area contributed by atoms with Gasteiger partial charge in [-0.3, -0.25) is 0 Å². The van der Waals surface area contributed by atoms with Gasteiger partial charge in [-0.1, -0.05) is 42.4 Å². The normalized spacial score (nSPS) is 12.4. The van der Waals surface area contributed by atoms with E-state index in [2.05, 4.69) is 15.4 Å². The van der Waals surface area contributed by atoms with E-state index in [1.54, 1.807) is 23.9 Å². The summed E-state index contributed by atoms with van der Waals surface area (Å²) in [5, 5.41) is 22.7. The van der Waals surface area contributed by atoms with Gasteiger partial charge >= 0.3 is 0 Å². The zero-order valence-electron chi connectivity index (χ0n) is 19.3. The summed E-state index contributed by atoms with van der Waals surface area (Å²) in [6.45, 7) is 6.85. The van der Waals surface area contributed by atoms with Crippen molar-refractivity contribution in [2.24, 2.45) is 0 Å². The van der Waals surface area contributed by atoms with E-state index < -0.39 is 6.29 Å². The van der Waals surface area contributed by atoms with Gasteiger partial charge in [-0.05, 0) is 37.8 Å². The standard InChI is InChI=1S/C25H27N3O5S/c1-4-30-25(31-5-2)21-15-19(28-33-21)16-11-13-17(14-12-16)23-26-27-24(32-23)22(34-6-3)18-9-7-8-10-20(18)29/h7-15,22,25,29H,4-6H2,1-3H3. The Balaban J connectivity index is 1.54. The molecule has 8 nitrogen and oxygen atoms in total. The van der Waals surface area contributed by atoms with Crippen molar-refractivity contribution >= 4 is 11.8 Å². The average Bonchev–Trinajstić information content (AvgIpc) is 3.54. The van der Waals surface area contributed by atoms with Crippen molar-refractivity contribution in [2.45, 2.75) is 32.3 Å². The van der Waals surface area contributed by atoms with E-state index in [0.29, 0.717) is 36.4 Å². The lowest BCUT2D eigenvalue weighted by Crippen LogP contribution is -2.07. The van der Waals surface area contributed by atoms with Gasteiger partial charge in [-0.15, -0.1) is 22.0 Å². The monoisotopic (exact) mass is 481 g/mol. The van der Waals surface area contributed by atoms with Crippen LogP contribution in [-0.4, -0.2) is 39.4 Å². The second-order valence-corrected chi connectivity index (χ2v) is 8.66. The van der Waals surface area contributed by atoms with E-state index >= 15 is 0 Å². The first-order valence-electron chi connectivity index (χ1n) is 11.2. The Bertz CT molecular complexity index is 1190. The molecule has 0 radical (unpaired) electrons. The number of aromatic nitrogens is 3. The lowest BCUT2D eigenvalue weighted by Gasteiger charge is -2.13. The van der Waals surface area contributed by atoms with Gasteiger partial charge in [0.2, 0.25) is 18.1 Å². The number of hydrogen-bond acceptors (Lipinski definition) is 9. The van der Waals surface area contributed by atoms with Crippen LogP contribution in [0.4, 0.5) is 0 Å². The van der Waals surface area contributed by atoms with Gasteiger partial charge in [0.15, 0.2) is 5.76 Å². The van der Waals surface area contributed by atoms with Gasteiger partial charge in [0.1, 0.15) is 16.7 Å². The van der Waals surface area contributed by atoms with Crippen molar-refractivity contribution in [2.75, 3.05) is 19.0 Å². The molecular formula is C25H27N3O5S. The third kappa shape index (κ3) is 5.32. The van der Waals surface area contributed by atoms with Crippen LogP contribution in [0.3, 0.4) is 0 Å². The first-order valence-corrected chi connectivity index (χ1v) is 12.2. The summed E-state index contributed by atoms with van der Waals surface area (Å²) in [5.74, 6) is 2.42. The van der Waals surface area contributed by atoms with Crippen LogP contribution >= 0.6 is 11.8 Å². The van der Waals surface area contributed by atoms with Crippen molar-refractivity contribution in [3.05, 3.63) is 71.8 Å². The Labute approximate surface area is 202 Å². The van der Waals surface area contributed by atoms with E-state index in [0.717, 1.165) is 22.4 Å². The Kier molecular flexibility index (Phi) is 7.99. The van der Waals surface area contributed by atoms with Crippen molar-refractivity contribution in [1.29, 1.82) is 0 Å². The van der Waals surface area contributed by atoms with E-state index in [9.17, 15) is 5.11 Å². The van der Waals surface area contributed by atoms with E-state index in [1.807, 2.05) is 63.2 Å². The Morgan fingerprint density at radius 1 is 0.941 bits per heavy atom. The number of phenols is 1. The lowest BCUT2D eigenvalue weighted by atomic mass is 10.1. The molecule has 0 saturated heterocycles. The molecule has 2 aromatic carbocycles. The molecule has 0 bridgehead atoms. The Hall–Kier alpha value is -3.14. The third-order valence-electron chi connectivity index (χ3n) is 5.04. The zero-order chi connectivity index (χ0) is 23.9. The molecule has 34 heavy (non-hydrogen) atoms. The summed E-state index contributed by atoms with van der Waals surface area (Å²) in [4.78, 5) is 0. The predicted molar refractivity (Wildman–Crippen MR) is 129 cm³/mol. The van der Waals surface area contributed by atoms with Crippen LogP contribution in [0.15, 0.2) is 63.5 Å². The topological polar surface area (TPSA) is 104 Å². The van der Waals surface area contributed by atoms with Gasteiger partial charge in [-0.25, -0.2) is 0 Å². The fourth-order valence-corrected chi connectivity index (χ4v) is 4.41. The molecule has 0 fully saturated rings. The fraction of sp³-hybridized carbons (Fsp3) is 0.320. The van der Waals surface area contributed by atoms with Crippen LogP contribution in [-0.2, 0) is 9.47 Å². The number of thioether (sulfide) groups is 1. The molecule has 1 N–H and O–H groups in total. The molecule has 9 heteroatoms. The van der Waals surface area contributed by atoms with Crippen molar-refractivity contribution in [1.82, 2.24) is 15.4 Å². The van der Waals surface area contributed by atoms with Gasteiger partial charge < -0.3 is 23.5 Å². The Morgan fingerprint density at radius 2 is 1.65 bits per heavy atom. The SMILES string of the molecule is CCOC(OCC)c1cc(-c2ccc(-c3nnc(C(SCC)c4ccccc4O)o3)cc2)no1. The second kappa shape index (κ2) is 11.3. The molecule has 178 valence electrons. The van der Waals surface area contributed by atoms with Gasteiger partial charge in [0, 0.05) is 36.0 Å². The lowest BCUT2D eigenvalue weighted by molar-refractivity contribution is -0.152. The molecule has 4 rings (SSSR count). The Morgan fingerprint density at radius 3 is 2.32 bits per heavy atom. The summed E-state index contributed by atoms with van der Waals surface area (Å²) >= 11 is 1.62. The minimum Gasteiger partial charge on any atom is -0.508 e. The quantitative estimate of drug-likeness (QED) is 0.258. The number of para-hydroxylation sites is 1. The number of benzene rings is 2. The molecular weight excluding hydrogens is 454 g/mol. The number of phenolic OH excluding ortho intramolecular Hbond substituents is 1. The maximum Gasteiger partial charge on any atom is 0.247 e. The highest BCUT2D eigenvalue weighted by atomic mass is 32.2.